The van der Waals surface area contributed by atoms with E-state index >= 15 is 0 Å². The van der Waals surface area contributed by atoms with E-state index in [-0.39, 0.29) is 10.7 Å². The summed E-state index contributed by atoms with van der Waals surface area (Å²) >= 11 is 0. The van der Waals surface area contributed by atoms with Gasteiger partial charge in [0.25, 0.3) is 20.1 Å². The molecular formula is C11H9FN2O5S2. The largest absolute Gasteiger partial charge is 0.294 e. The van der Waals surface area contributed by atoms with Gasteiger partial charge in [-0.25, -0.2) is 13.4 Å². The van der Waals surface area contributed by atoms with Crippen LogP contribution >= 0.6 is 0 Å². The Kier molecular flexibility index (Phi) is 3.94. The van der Waals surface area contributed by atoms with E-state index in [0.717, 1.165) is 30.3 Å². The van der Waals surface area contributed by atoms with Crippen molar-refractivity contribution in [1.29, 1.82) is 0 Å². The summed E-state index contributed by atoms with van der Waals surface area (Å²) in [6, 6.07) is 7.44. The first-order chi connectivity index (χ1) is 9.68. The molecule has 0 saturated carbocycles. The van der Waals surface area contributed by atoms with Crippen molar-refractivity contribution in [3.05, 3.63) is 48.4 Å². The number of aromatic nitrogens is 1. The molecule has 2 N–H and O–H groups in total. The standard InChI is InChI=1S/C11H9FN2O5S2/c12-10-2-1-3-11(13-10)14-20(15,16)8-4-6-9(7-5-8)21(17,18)19/h1-7H,(H,13,14)(H,17,18,19). The van der Waals surface area contributed by atoms with Gasteiger partial charge in [0, 0.05) is 0 Å². The molecule has 0 spiro atoms. The molecule has 0 unspecified atom stereocenters. The molecule has 21 heavy (non-hydrogen) atoms. The van der Waals surface area contributed by atoms with E-state index in [4.69, 9.17) is 4.55 Å². The Labute approximate surface area is 120 Å². The maximum atomic E-state index is 12.9. The van der Waals surface area contributed by atoms with Gasteiger partial charge >= 0.3 is 0 Å². The molecule has 0 radical (unpaired) electrons. The zero-order valence-corrected chi connectivity index (χ0v) is 11.9. The van der Waals surface area contributed by atoms with E-state index in [2.05, 4.69) is 4.98 Å². The summed E-state index contributed by atoms with van der Waals surface area (Å²) in [6.07, 6.45) is 0. The lowest BCUT2D eigenvalue weighted by Crippen LogP contribution is -2.14. The Hall–Kier alpha value is -2.04. The summed E-state index contributed by atoms with van der Waals surface area (Å²) in [5.41, 5.74) is 0. The van der Waals surface area contributed by atoms with Crippen LogP contribution < -0.4 is 4.72 Å². The van der Waals surface area contributed by atoms with Gasteiger partial charge in [0.2, 0.25) is 5.95 Å². The van der Waals surface area contributed by atoms with Crippen LogP contribution in [0.5, 0.6) is 0 Å². The summed E-state index contributed by atoms with van der Waals surface area (Å²) in [4.78, 5) is 2.65. The molecular weight excluding hydrogens is 323 g/mol. The maximum Gasteiger partial charge on any atom is 0.294 e. The van der Waals surface area contributed by atoms with Crippen LogP contribution in [0, 0.1) is 5.95 Å². The zero-order valence-electron chi connectivity index (χ0n) is 10.3. The van der Waals surface area contributed by atoms with E-state index < -0.39 is 31.0 Å². The highest BCUT2D eigenvalue weighted by Crippen LogP contribution is 2.17. The number of pyridine rings is 1. The van der Waals surface area contributed by atoms with Crippen molar-refractivity contribution in [2.45, 2.75) is 9.79 Å². The predicted molar refractivity (Wildman–Crippen MR) is 71.3 cm³/mol. The molecule has 1 aromatic heterocycles. The third kappa shape index (κ3) is 3.74. The van der Waals surface area contributed by atoms with E-state index in [9.17, 15) is 21.2 Å². The van der Waals surface area contributed by atoms with Gasteiger partial charge < -0.3 is 0 Å². The van der Waals surface area contributed by atoms with Gasteiger partial charge in [-0.1, -0.05) is 6.07 Å². The second-order valence-corrected chi connectivity index (χ2v) is 7.00. The molecule has 0 amide bonds. The first-order valence-corrected chi connectivity index (χ1v) is 8.34. The smallest absolute Gasteiger partial charge is 0.282 e. The Bertz CT molecular complexity index is 864. The van der Waals surface area contributed by atoms with Crippen molar-refractivity contribution in [3.63, 3.8) is 0 Å². The van der Waals surface area contributed by atoms with Gasteiger partial charge in [-0.15, -0.1) is 0 Å². The second-order valence-electron chi connectivity index (χ2n) is 3.90. The van der Waals surface area contributed by atoms with Gasteiger partial charge in [0.05, 0.1) is 9.79 Å². The molecule has 2 aromatic rings. The van der Waals surface area contributed by atoms with Crippen molar-refractivity contribution in [3.8, 4) is 0 Å². The lowest BCUT2D eigenvalue weighted by Gasteiger charge is -2.07. The molecule has 7 nitrogen and oxygen atoms in total. The molecule has 0 aliphatic carbocycles. The lowest BCUT2D eigenvalue weighted by atomic mass is 10.4. The first kappa shape index (κ1) is 15.4. The summed E-state index contributed by atoms with van der Waals surface area (Å²) in [6.45, 7) is 0. The van der Waals surface area contributed by atoms with Crippen molar-refractivity contribution in [2.75, 3.05) is 4.72 Å². The average molecular weight is 332 g/mol. The molecule has 112 valence electrons. The fourth-order valence-corrected chi connectivity index (χ4v) is 2.93. The van der Waals surface area contributed by atoms with Crippen LogP contribution in [0.3, 0.4) is 0 Å². The van der Waals surface area contributed by atoms with Crippen LogP contribution in [0.15, 0.2) is 52.3 Å². The van der Waals surface area contributed by atoms with Crippen LogP contribution in [0.1, 0.15) is 0 Å². The average Bonchev–Trinajstić information content (AvgIpc) is 2.37. The molecule has 0 aliphatic rings. The van der Waals surface area contributed by atoms with Crippen molar-refractivity contribution < 1.29 is 25.8 Å². The molecule has 0 saturated heterocycles. The Balaban J connectivity index is 2.32. The lowest BCUT2D eigenvalue weighted by molar-refractivity contribution is 0.483. The normalized spacial score (nSPS) is 12.1. The Morgan fingerprint density at radius 2 is 1.52 bits per heavy atom. The van der Waals surface area contributed by atoms with Crippen molar-refractivity contribution >= 4 is 26.0 Å². The van der Waals surface area contributed by atoms with E-state index in [0.29, 0.717) is 0 Å². The third-order valence-electron chi connectivity index (χ3n) is 2.39. The van der Waals surface area contributed by atoms with Crippen LogP contribution in [0.2, 0.25) is 0 Å². The molecule has 10 heteroatoms. The number of rotatable bonds is 4. The Morgan fingerprint density at radius 3 is 2.05 bits per heavy atom. The van der Waals surface area contributed by atoms with Crippen molar-refractivity contribution in [1.82, 2.24) is 4.98 Å². The van der Waals surface area contributed by atoms with Crippen LogP contribution in [0.4, 0.5) is 10.2 Å². The molecule has 1 heterocycles. The number of benzene rings is 1. The molecule has 1 aromatic carbocycles. The topological polar surface area (TPSA) is 113 Å². The summed E-state index contributed by atoms with van der Waals surface area (Å²) in [5, 5.41) is 0. The number of nitrogens with zero attached hydrogens (tertiary/aromatic N) is 1. The van der Waals surface area contributed by atoms with E-state index in [1.807, 2.05) is 4.72 Å². The Morgan fingerprint density at radius 1 is 0.952 bits per heavy atom. The highest BCUT2D eigenvalue weighted by Gasteiger charge is 2.17. The van der Waals surface area contributed by atoms with Gasteiger partial charge in [-0.05, 0) is 36.4 Å². The summed E-state index contributed by atoms with van der Waals surface area (Å²) in [7, 11) is -8.45. The predicted octanol–water partition coefficient (Wildman–Crippen LogP) is 1.27. The number of sulfonamides is 1. The molecule has 0 atom stereocenters. The molecule has 0 bridgehead atoms. The maximum absolute atomic E-state index is 12.9. The van der Waals surface area contributed by atoms with Gasteiger partial charge in [0.15, 0.2) is 0 Å². The molecule has 0 fully saturated rings. The summed E-state index contributed by atoms with van der Waals surface area (Å²) < 4.78 is 69.4. The summed E-state index contributed by atoms with van der Waals surface area (Å²) in [5.74, 6) is -1.06. The first-order valence-electron chi connectivity index (χ1n) is 5.41. The molecule has 0 aliphatic heterocycles. The molecule has 2 rings (SSSR count). The fraction of sp³-hybridized carbons (Fsp3) is 0. The zero-order chi connectivity index (χ0) is 15.7. The fourth-order valence-electron chi connectivity index (χ4n) is 1.45. The number of hydrogen-bond acceptors (Lipinski definition) is 5. The van der Waals surface area contributed by atoms with Crippen LogP contribution in [-0.4, -0.2) is 26.4 Å². The quantitative estimate of drug-likeness (QED) is 0.644. The number of anilines is 1. The minimum atomic E-state index is -4.41. The number of halogens is 1. The van der Waals surface area contributed by atoms with Crippen LogP contribution in [-0.2, 0) is 20.1 Å². The minimum Gasteiger partial charge on any atom is -0.282 e. The van der Waals surface area contributed by atoms with Crippen molar-refractivity contribution in [2.24, 2.45) is 0 Å². The van der Waals surface area contributed by atoms with Gasteiger partial charge in [0.1, 0.15) is 5.82 Å². The minimum absolute atomic E-state index is 0.214. The van der Waals surface area contributed by atoms with Gasteiger partial charge in [-0.2, -0.15) is 12.8 Å². The third-order valence-corrected chi connectivity index (χ3v) is 4.62. The second kappa shape index (κ2) is 5.39. The SMILES string of the molecule is O=S(=O)(O)c1ccc(S(=O)(=O)Nc2cccc(F)n2)cc1. The number of nitrogens with one attached hydrogen (secondary N) is 1. The van der Waals surface area contributed by atoms with Crippen LogP contribution in [0.25, 0.3) is 0 Å². The highest BCUT2D eigenvalue weighted by molar-refractivity contribution is 7.92. The van der Waals surface area contributed by atoms with E-state index in [1.54, 1.807) is 0 Å². The van der Waals surface area contributed by atoms with Gasteiger partial charge in [-0.3, -0.25) is 9.27 Å². The van der Waals surface area contributed by atoms with E-state index in [1.165, 1.54) is 12.1 Å². The number of hydrogen-bond donors (Lipinski definition) is 2. The monoisotopic (exact) mass is 332 g/mol. The highest BCUT2D eigenvalue weighted by atomic mass is 32.2.